The van der Waals surface area contributed by atoms with Crippen LogP contribution in [0, 0.1) is 0 Å². The van der Waals surface area contributed by atoms with E-state index in [1.807, 2.05) is 0 Å². The highest BCUT2D eigenvalue weighted by Crippen LogP contribution is 2.16. The van der Waals surface area contributed by atoms with Crippen LogP contribution in [0.3, 0.4) is 0 Å². The van der Waals surface area contributed by atoms with Crippen LogP contribution >= 0.6 is 0 Å². The number of ether oxygens (including phenoxy) is 3. The highest BCUT2D eigenvalue weighted by molar-refractivity contribution is 5.71. The molecule has 0 spiro atoms. The maximum Gasteiger partial charge on any atom is 0.306 e. The van der Waals surface area contributed by atoms with Crippen LogP contribution in [0.4, 0.5) is 0 Å². The summed E-state index contributed by atoms with van der Waals surface area (Å²) < 4.78 is 16.8. The summed E-state index contributed by atoms with van der Waals surface area (Å²) in [5.74, 6) is -0.872. The highest BCUT2D eigenvalue weighted by atomic mass is 16.6. The largest absolute Gasteiger partial charge is 0.462 e. The van der Waals surface area contributed by atoms with Crippen molar-refractivity contribution in [2.24, 2.45) is 0 Å². The van der Waals surface area contributed by atoms with E-state index in [1.165, 1.54) is 173 Å². The number of carbonyl (C=O) groups is 3. The standard InChI is InChI=1S/C55H102O6/c1-4-7-10-13-16-19-22-24-26-27-28-30-31-33-36-39-42-45-48-54(57)60-51-52(50-59-53(56)47-44-41-38-35-21-18-15-12-9-6-3)61-55(58)49-46-43-40-37-34-32-29-25-23-20-17-14-11-8-5-2/h17,20,25,29,52H,4-16,18-19,21-24,26-28,30-51H2,1-3H3/b20-17-,29-25-/t52-/m1/s1. The van der Waals surface area contributed by atoms with Gasteiger partial charge in [-0.15, -0.1) is 0 Å². The molecule has 0 bridgehead atoms. The first kappa shape index (κ1) is 58.9. The molecule has 0 aromatic heterocycles. The SMILES string of the molecule is CCCCC/C=C\C/C=C\CCCCCCCC(=O)O[C@H](COC(=O)CCCCCCCCCCCC)COC(=O)CCCCCCCCCCCCCCCCCCCC. The molecular weight excluding hydrogens is 757 g/mol. The second kappa shape index (κ2) is 50.5. The molecular formula is C55H102O6. The molecule has 0 saturated heterocycles. The molecule has 0 amide bonds. The van der Waals surface area contributed by atoms with E-state index in [2.05, 4.69) is 45.1 Å². The van der Waals surface area contributed by atoms with Crippen molar-refractivity contribution in [2.75, 3.05) is 13.2 Å². The molecule has 0 aliphatic rings. The summed E-state index contributed by atoms with van der Waals surface area (Å²) in [6, 6.07) is 0. The quantitative estimate of drug-likeness (QED) is 0.0262. The van der Waals surface area contributed by atoms with Gasteiger partial charge in [-0.2, -0.15) is 0 Å². The Morgan fingerprint density at radius 1 is 0.328 bits per heavy atom. The van der Waals surface area contributed by atoms with E-state index in [-0.39, 0.29) is 31.1 Å². The summed E-state index contributed by atoms with van der Waals surface area (Å²) in [5, 5.41) is 0. The Kier molecular flexibility index (Phi) is 48.8. The molecule has 0 aromatic rings. The summed E-state index contributed by atoms with van der Waals surface area (Å²) in [4.78, 5) is 37.9. The van der Waals surface area contributed by atoms with Crippen LogP contribution in [0.15, 0.2) is 24.3 Å². The average molecular weight is 859 g/mol. The zero-order chi connectivity index (χ0) is 44.4. The van der Waals surface area contributed by atoms with E-state index in [4.69, 9.17) is 14.2 Å². The lowest BCUT2D eigenvalue weighted by Gasteiger charge is -2.18. The summed E-state index contributed by atoms with van der Waals surface area (Å²) >= 11 is 0. The Labute approximate surface area is 379 Å². The molecule has 0 radical (unpaired) electrons. The van der Waals surface area contributed by atoms with Gasteiger partial charge in [-0.3, -0.25) is 14.4 Å². The maximum absolute atomic E-state index is 12.8. The van der Waals surface area contributed by atoms with Gasteiger partial charge in [0, 0.05) is 19.3 Å². The predicted octanol–water partition coefficient (Wildman–Crippen LogP) is 17.5. The molecule has 0 saturated carbocycles. The zero-order valence-corrected chi connectivity index (χ0v) is 40.9. The second-order valence-electron chi connectivity index (χ2n) is 18.2. The number of esters is 3. The molecule has 0 aromatic carbocycles. The number of hydrogen-bond acceptors (Lipinski definition) is 6. The fourth-order valence-corrected chi connectivity index (χ4v) is 7.89. The van der Waals surface area contributed by atoms with Gasteiger partial charge in [-0.1, -0.05) is 244 Å². The van der Waals surface area contributed by atoms with Crippen LogP contribution in [-0.4, -0.2) is 37.2 Å². The van der Waals surface area contributed by atoms with Crippen LogP contribution < -0.4 is 0 Å². The van der Waals surface area contributed by atoms with Crippen LogP contribution in [0.25, 0.3) is 0 Å². The van der Waals surface area contributed by atoms with Gasteiger partial charge >= 0.3 is 17.9 Å². The molecule has 6 heteroatoms. The molecule has 0 N–H and O–H groups in total. The third kappa shape index (κ3) is 48.8. The van der Waals surface area contributed by atoms with Crippen molar-refractivity contribution in [1.29, 1.82) is 0 Å². The topological polar surface area (TPSA) is 78.9 Å². The predicted molar refractivity (Wildman–Crippen MR) is 261 cm³/mol. The Bertz CT molecular complexity index is 989. The number of carbonyl (C=O) groups excluding carboxylic acids is 3. The Morgan fingerprint density at radius 3 is 0.934 bits per heavy atom. The highest BCUT2D eigenvalue weighted by Gasteiger charge is 2.19. The first-order valence-electron chi connectivity index (χ1n) is 26.8. The van der Waals surface area contributed by atoms with Gasteiger partial charge in [0.2, 0.25) is 0 Å². The molecule has 358 valence electrons. The fourth-order valence-electron chi connectivity index (χ4n) is 7.89. The van der Waals surface area contributed by atoms with E-state index in [1.54, 1.807) is 0 Å². The molecule has 0 unspecified atom stereocenters. The lowest BCUT2D eigenvalue weighted by molar-refractivity contribution is -0.167. The van der Waals surface area contributed by atoms with E-state index in [9.17, 15) is 14.4 Å². The maximum atomic E-state index is 12.8. The molecule has 0 heterocycles. The smallest absolute Gasteiger partial charge is 0.306 e. The second-order valence-corrected chi connectivity index (χ2v) is 18.2. The Balaban J connectivity index is 4.30. The first-order chi connectivity index (χ1) is 30.0. The summed E-state index contributed by atoms with van der Waals surface area (Å²) in [6.45, 7) is 6.62. The average Bonchev–Trinajstić information content (AvgIpc) is 3.26. The van der Waals surface area contributed by atoms with Gasteiger partial charge in [-0.25, -0.2) is 0 Å². The molecule has 61 heavy (non-hydrogen) atoms. The van der Waals surface area contributed by atoms with Crippen LogP contribution in [-0.2, 0) is 28.6 Å². The minimum absolute atomic E-state index is 0.0721. The molecule has 0 aliphatic carbocycles. The van der Waals surface area contributed by atoms with Crippen molar-refractivity contribution in [3.63, 3.8) is 0 Å². The number of allylic oxidation sites excluding steroid dienone is 4. The summed E-state index contributed by atoms with van der Waals surface area (Å²) in [6.07, 6.45) is 57.3. The van der Waals surface area contributed by atoms with Gasteiger partial charge < -0.3 is 14.2 Å². The minimum Gasteiger partial charge on any atom is -0.462 e. The molecule has 0 aliphatic heterocycles. The molecule has 6 nitrogen and oxygen atoms in total. The third-order valence-corrected chi connectivity index (χ3v) is 12.0. The summed E-state index contributed by atoms with van der Waals surface area (Å²) in [5.41, 5.74) is 0. The van der Waals surface area contributed by atoms with Crippen LogP contribution in [0.2, 0.25) is 0 Å². The van der Waals surface area contributed by atoms with Crippen LogP contribution in [0.1, 0.15) is 290 Å². The van der Waals surface area contributed by atoms with Gasteiger partial charge in [-0.05, 0) is 51.4 Å². The molecule has 0 fully saturated rings. The fraction of sp³-hybridized carbons (Fsp3) is 0.873. The lowest BCUT2D eigenvalue weighted by Crippen LogP contribution is -2.30. The monoisotopic (exact) mass is 859 g/mol. The van der Waals surface area contributed by atoms with Crippen molar-refractivity contribution in [1.82, 2.24) is 0 Å². The summed E-state index contributed by atoms with van der Waals surface area (Å²) in [7, 11) is 0. The van der Waals surface area contributed by atoms with E-state index in [0.29, 0.717) is 19.3 Å². The Hall–Kier alpha value is -2.11. The minimum atomic E-state index is -0.772. The normalized spacial score (nSPS) is 12.1. The van der Waals surface area contributed by atoms with Gasteiger partial charge in [0.05, 0.1) is 0 Å². The van der Waals surface area contributed by atoms with Gasteiger partial charge in [0.15, 0.2) is 6.10 Å². The number of unbranched alkanes of at least 4 members (excludes halogenated alkanes) is 34. The van der Waals surface area contributed by atoms with Crippen molar-refractivity contribution in [3.05, 3.63) is 24.3 Å². The van der Waals surface area contributed by atoms with Gasteiger partial charge in [0.1, 0.15) is 13.2 Å². The number of rotatable bonds is 49. The third-order valence-electron chi connectivity index (χ3n) is 12.0. The Morgan fingerprint density at radius 2 is 0.590 bits per heavy atom. The van der Waals surface area contributed by atoms with E-state index in [0.717, 1.165) is 77.0 Å². The lowest BCUT2D eigenvalue weighted by atomic mass is 10.0. The molecule has 0 rings (SSSR count). The zero-order valence-electron chi connectivity index (χ0n) is 40.9. The van der Waals surface area contributed by atoms with E-state index >= 15 is 0 Å². The van der Waals surface area contributed by atoms with E-state index < -0.39 is 6.10 Å². The van der Waals surface area contributed by atoms with Crippen molar-refractivity contribution in [3.8, 4) is 0 Å². The first-order valence-corrected chi connectivity index (χ1v) is 26.8. The van der Waals surface area contributed by atoms with Gasteiger partial charge in [0.25, 0.3) is 0 Å². The van der Waals surface area contributed by atoms with Crippen molar-refractivity contribution >= 4 is 17.9 Å². The van der Waals surface area contributed by atoms with Crippen molar-refractivity contribution in [2.45, 2.75) is 297 Å². The molecule has 1 atom stereocenters. The number of hydrogen-bond donors (Lipinski definition) is 0. The van der Waals surface area contributed by atoms with Crippen molar-refractivity contribution < 1.29 is 28.6 Å². The van der Waals surface area contributed by atoms with Crippen LogP contribution in [0.5, 0.6) is 0 Å².